The van der Waals surface area contributed by atoms with Crippen LogP contribution in [0.1, 0.15) is 39.3 Å². The maximum atomic E-state index is 12.5. The lowest BCUT2D eigenvalue weighted by molar-refractivity contribution is 0.0215. The molecule has 0 aliphatic heterocycles. The number of esters is 1. The minimum absolute atomic E-state index is 0.0456. The van der Waals surface area contributed by atoms with Gasteiger partial charge in [-0.05, 0) is 31.7 Å². The Kier molecular flexibility index (Phi) is 5.49. The molecule has 0 unspecified atom stereocenters. The third-order valence-electron chi connectivity index (χ3n) is 3.65. The third-order valence-corrected chi connectivity index (χ3v) is 3.65. The molecule has 2 aromatic rings. The maximum absolute atomic E-state index is 12.5. The second-order valence-corrected chi connectivity index (χ2v) is 5.16. The van der Waals surface area contributed by atoms with Crippen LogP contribution in [0, 0.1) is 0 Å². The van der Waals surface area contributed by atoms with Crippen molar-refractivity contribution in [3.63, 3.8) is 0 Å². The Morgan fingerprint density at radius 3 is 2.13 bits per heavy atom. The van der Waals surface area contributed by atoms with Crippen LogP contribution < -0.4 is 5.32 Å². The molecular formula is C18H19NO4. The lowest BCUT2D eigenvalue weighted by Crippen LogP contribution is -2.32. The number of carboxylic acid groups (broad SMARTS) is 1. The fraction of sp³-hybridized carbons (Fsp3) is 0.222. The van der Waals surface area contributed by atoms with Crippen molar-refractivity contribution in [2.24, 2.45) is 0 Å². The van der Waals surface area contributed by atoms with Crippen LogP contribution in [-0.2, 0) is 4.74 Å². The number of aromatic carboxylic acids is 1. The smallest absolute Gasteiger partial charge is 0.339 e. The molecule has 2 aromatic carbocycles. The average Bonchev–Trinajstić information content (AvgIpc) is 2.59. The molecule has 2 N–H and O–H groups in total. The normalized spacial score (nSPS) is 13.1. The van der Waals surface area contributed by atoms with Gasteiger partial charge < -0.3 is 15.2 Å². The molecule has 5 nitrogen and oxygen atoms in total. The summed E-state index contributed by atoms with van der Waals surface area (Å²) in [5.41, 5.74) is 0.821. The van der Waals surface area contributed by atoms with Gasteiger partial charge in [0.2, 0.25) is 0 Å². The lowest BCUT2D eigenvalue weighted by Gasteiger charge is -2.24. The maximum Gasteiger partial charge on any atom is 0.339 e. The molecular weight excluding hydrogens is 294 g/mol. The molecule has 0 aromatic heterocycles. The number of carbonyl (C=O) groups is 2. The Morgan fingerprint density at radius 2 is 1.57 bits per heavy atom. The Hall–Kier alpha value is -2.66. The topological polar surface area (TPSA) is 75.6 Å². The molecule has 0 aliphatic carbocycles. The minimum Gasteiger partial charge on any atom is -0.478 e. The summed E-state index contributed by atoms with van der Waals surface area (Å²) in [6, 6.07) is 15.3. The molecule has 0 bridgehead atoms. The molecule has 0 spiro atoms. The number of carbonyl (C=O) groups excluding carboxylic acids is 1. The van der Waals surface area contributed by atoms with E-state index < -0.39 is 18.0 Å². The standard InChI is InChI=1S/C18H19NO4/c1-12(19-2)16(13-8-4-3-5-9-13)23-18(22)15-11-7-6-10-14(15)17(20)21/h3-12,16,19H,1-2H3,(H,20,21)/t12-,16-/m1/s1. The number of ether oxygens (including phenoxy) is 1. The van der Waals surface area contributed by atoms with Gasteiger partial charge in [-0.1, -0.05) is 42.5 Å². The van der Waals surface area contributed by atoms with E-state index in [4.69, 9.17) is 4.74 Å². The van der Waals surface area contributed by atoms with Gasteiger partial charge in [0.15, 0.2) is 0 Å². The molecule has 0 radical (unpaired) electrons. The summed E-state index contributed by atoms with van der Waals surface area (Å²) in [5, 5.41) is 12.3. The van der Waals surface area contributed by atoms with Gasteiger partial charge in [-0.2, -0.15) is 0 Å². The van der Waals surface area contributed by atoms with Crippen molar-refractivity contribution in [2.45, 2.75) is 19.1 Å². The molecule has 0 heterocycles. The predicted octanol–water partition coefficient (Wildman–Crippen LogP) is 2.89. The highest BCUT2D eigenvalue weighted by molar-refractivity contribution is 6.02. The molecule has 0 aliphatic rings. The summed E-state index contributed by atoms with van der Waals surface area (Å²) in [6.07, 6.45) is -0.518. The van der Waals surface area contributed by atoms with Crippen LogP contribution >= 0.6 is 0 Å². The van der Waals surface area contributed by atoms with E-state index in [0.717, 1.165) is 5.56 Å². The van der Waals surface area contributed by atoms with Crippen LogP contribution in [0.25, 0.3) is 0 Å². The second-order valence-electron chi connectivity index (χ2n) is 5.16. The molecule has 2 rings (SSSR count). The lowest BCUT2D eigenvalue weighted by atomic mass is 10.0. The number of hydrogen-bond donors (Lipinski definition) is 2. The third kappa shape index (κ3) is 3.96. The summed E-state index contributed by atoms with van der Waals surface area (Å²) in [5.74, 6) is -1.81. The van der Waals surface area contributed by atoms with E-state index in [1.165, 1.54) is 12.1 Å². The van der Waals surface area contributed by atoms with Crippen LogP contribution in [-0.4, -0.2) is 30.1 Å². The zero-order valence-electron chi connectivity index (χ0n) is 13.0. The number of carboxylic acids is 1. The number of benzene rings is 2. The SMILES string of the molecule is CN[C@H](C)[C@@H](OC(=O)c1ccccc1C(=O)O)c1ccccc1. The first kappa shape index (κ1) is 16.7. The Morgan fingerprint density at radius 1 is 1.00 bits per heavy atom. The Balaban J connectivity index is 2.30. The highest BCUT2D eigenvalue weighted by Gasteiger charge is 2.25. The van der Waals surface area contributed by atoms with Crippen molar-refractivity contribution in [1.29, 1.82) is 0 Å². The van der Waals surface area contributed by atoms with Gasteiger partial charge in [-0.3, -0.25) is 0 Å². The van der Waals surface area contributed by atoms with Crippen molar-refractivity contribution in [1.82, 2.24) is 5.32 Å². The average molecular weight is 313 g/mol. The highest BCUT2D eigenvalue weighted by atomic mass is 16.5. The first-order chi connectivity index (χ1) is 11.0. The van der Waals surface area contributed by atoms with Gasteiger partial charge in [0.25, 0.3) is 0 Å². The molecule has 0 amide bonds. The van der Waals surface area contributed by atoms with Crippen LogP contribution in [0.5, 0.6) is 0 Å². The van der Waals surface area contributed by atoms with Gasteiger partial charge >= 0.3 is 11.9 Å². The van der Waals surface area contributed by atoms with Gasteiger partial charge in [0, 0.05) is 6.04 Å². The van der Waals surface area contributed by atoms with Crippen molar-refractivity contribution < 1.29 is 19.4 Å². The first-order valence-electron chi connectivity index (χ1n) is 7.30. The van der Waals surface area contributed by atoms with E-state index in [-0.39, 0.29) is 17.2 Å². The number of likely N-dealkylation sites (N-methyl/N-ethyl adjacent to an activating group) is 1. The van der Waals surface area contributed by atoms with Gasteiger partial charge in [-0.15, -0.1) is 0 Å². The van der Waals surface area contributed by atoms with Gasteiger partial charge in [0.1, 0.15) is 6.10 Å². The van der Waals surface area contributed by atoms with Crippen molar-refractivity contribution >= 4 is 11.9 Å². The van der Waals surface area contributed by atoms with Crippen molar-refractivity contribution in [2.75, 3.05) is 7.05 Å². The number of rotatable bonds is 6. The largest absolute Gasteiger partial charge is 0.478 e. The highest BCUT2D eigenvalue weighted by Crippen LogP contribution is 2.23. The van der Waals surface area contributed by atoms with Crippen LogP contribution in [0.2, 0.25) is 0 Å². The fourth-order valence-electron chi connectivity index (χ4n) is 2.28. The number of nitrogens with one attached hydrogen (secondary N) is 1. The van der Waals surface area contributed by atoms with Crippen molar-refractivity contribution in [3.8, 4) is 0 Å². The van der Waals surface area contributed by atoms with E-state index in [1.807, 2.05) is 37.3 Å². The quantitative estimate of drug-likeness (QED) is 0.802. The Labute approximate surface area is 134 Å². The minimum atomic E-state index is -1.16. The molecule has 5 heteroatoms. The van der Waals surface area contributed by atoms with Crippen molar-refractivity contribution in [3.05, 3.63) is 71.3 Å². The van der Waals surface area contributed by atoms with E-state index in [1.54, 1.807) is 19.2 Å². The van der Waals surface area contributed by atoms with Crippen LogP contribution in [0.4, 0.5) is 0 Å². The number of hydrogen-bond acceptors (Lipinski definition) is 4. The summed E-state index contributed by atoms with van der Waals surface area (Å²) < 4.78 is 5.60. The summed E-state index contributed by atoms with van der Waals surface area (Å²) >= 11 is 0. The Bertz CT molecular complexity index is 684. The van der Waals surface area contributed by atoms with E-state index >= 15 is 0 Å². The first-order valence-corrected chi connectivity index (χ1v) is 7.30. The predicted molar refractivity (Wildman–Crippen MR) is 86.5 cm³/mol. The molecule has 0 fully saturated rings. The van der Waals surface area contributed by atoms with Gasteiger partial charge in [-0.25, -0.2) is 9.59 Å². The molecule has 0 saturated carbocycles. The molecule has 0 saturated heterocycles. The monoisotopic (exact) mass is 313 g/mol. The molecule has 120 valence electrons. The zero-order chi connectivity index (χ0) is 16.8. The summed E-state index contributed by atoms with van der Waals surface area (Å²) in [6.45, 7) is 1.90. The second kappa shape index (κ2) is 7.56. The van der Waals surface area contributed by atoms with E-state index in [9.17, 15) is 14.7 Å². The van der Waals surface area contributed by atoms with Gasteiger partial charge in [0.05, 0.1) is 11.1 Å². The van der Waals surface area contributed by atoms with E-state index in [0.29, 0.717) is 0 Å². The summed E-state index contributed by atoms with van der Waals surface area (Å²) in [4.78, 5) is 23.7. The molecule has 23 heavy (non-hydrogen) atoms. The van der Waals surface area contributed by atoms with Crippen LogP contribution in [0.15, 0.2) is 54.6 Å². The van der Waals surface area contributed by atoms with Crippen LogP contribution in [0.3, 0.4) is 0 Å². The zero-order valence-corrected chi connectivity index (χ0v) is 13.0. The van der Waals surface area contributed by atoms with E-state index in [2.05, 4.69) is 5.32 Å². The molecule has 2 atom stereocenters. The fourth-order valence-corrected chi connectivity index (χ4v) is 2.28. The summed E-state index contributed by atoms with van der Waals surface area (Å²) in [7, 11) is 1.78.